The van der Waals surface area contributed by atoms with Crippen molar-refractivity contribution in [3.63, 3.8) is 0 Å². The molecule has 0 saturated carbocycles. The molecule has 0 radical (unpaired) electrons. The first-order valence-corrected chi connectivity index (χ1v) is 3.39. The van der Waals surface area contributed by atoms with E-state index in [4.69, 9.17) is 4.74 Å². The predicted molar refractivity (Wildman–Crippen MR) is 40.6 cm³/mol. The molecule has 11 heavy (non-hydrogen) atoms. The minimum atomic E-state index is 0.183. The van der Waals surface area contributed by atoms with Gasteiger partial charge in [-0.15, -0.1) is 0 Å². The average molecular weight is 154 g/mol. The lowest BCUT2D eigenvalue weighted by molar-refractivity contribution is -0.678. The average Bonchev–Trinajstić information content (AvgIpc) is 1.99. The van der Waals surface area contributed by atoms with Crippen LogP contribution in [-0.2, 0) is 7.05 Å². The van der Waals surface area contributed by atoms with Crippen LogP contribution in [0.2, 0.25) is 0 Å². The zero-order chi connectivity index (χ0) is 8.43. The third-order valence-electron chi connectivity index (χ3n) is 1.75. The van der Waals surface area contributed by atoms with Crippen LogP contribution in [0.4, 0.5) is 0 Å². The maximum Gasteiger partial charge on any atom is 0.228 e. The van der Waals surface area contributed by atoms with E-state index in [0.717, 1.165) is 5.69 Å². The molecule has 0 aromatic carbocycles. The minimum Gasteiger partial charge on any atom is -0.504 e. The fraction of sp³-hybridized carbons (Fsp3) is 0.375. The lowest BCUT2D eigenvalue weighted by Gasteiger charge is -2.03. The number of aromatic hydroxyl groups is 1. The number of hydrogen-bond acceptors (Lipinski definition) is 2. The summed E-state index contributed by atoms with van der Waals surface area (Å²) in [7, 11) is 3.44. The zero-order valence-corrected chi connectivity index (χ0v) is 6.96. The van der Waals surface area contributed by atoms with Crippen molar-refractivity contribution >= 4 is 0 Å². The van der Waals surface area contributed by atoms with Crippen LogP contribution >= 0.6 is 0 Å². The first-order chi connectivity index (χ1) is 5.16. The van der Waals surface area contributed by atoms with Crippen LogP contribution in [0.15, 0.2) is 12.3 Å². The second kappa shape index (κ2) is 2.78. The topological polar surface area (TPSA) is 33.3 Å². The Balaban J connectivity index is 3.29. The van der Waals surface area contributed by atoms with Gasteiger partial charge in [-0.25, -0.2) is 4.57 Å². The Labute approximate surface area is 65.9 Å². The van der Waals surface area contributed by atoms with Gasteiger partial charge < -0.3 is 9.84 Å². The fourth-order valence-electron chi connectivity index (χ4n) is 0.968. The highest BCUT2D eigenvalue weighted by Crippen LogP contribution is 2.25. The van der Waals surface area contributed by atoms with Gasteiger partial charge in [0.2, 0.25) is 11.4 Å². The van der Waals surface area contributed by atoms with Gasteiger partial charge in [0.1, 0.15) is 7.05 Å². The number of rotatable bonds is 1. The Kier molecular flexibility index (Phi) is 1.98. The number of nitrogens with zero attached hydrogens (tertiary/aromatic N) is 1. The minimum absolute atomic E-state index is 0.183. The number of hydrogen-bond donors (Lipinski definition) is 1. The van der Waals surface area contributed by atoms with E-state index in [0.29, 0.717) is 5.75 Å². The van der Waals surface area contributed by atoms with E-state index in [1.54, 1.807) is 19.4 Å². The molecule has 1 aromatic heterocycles. The Morgan fingerprint density at radius 3 is 2.64 bits per heavy atom. The molecule has 0 aliphatic rings. The van der Waals surface area contributed by atoms with Crippen LogP contribution in [0.1, 0.15) is 5.69 Å². The summed E-state index contributed by atoms with van der Waals surface area (Å²) in [6.45, 7) is 1.89. The Morgan fingerprint density at radius 1 is 1.55 bits per heavy atom. The van der Waals surface area contributed by atoms with E-state index in [-0.39, 0.29) is 5.75 Å². The fourth-order valence-corrected chi connectivity index (χ4v) is 0.968. The molecule has 60 valence electrons. The second-order valence-corrected chi connectivity index (χ2v) is 2.43. The first-order valence-electron chi connectivity index (χ1n) is 3.39. The van der Waals surface area contributed by atoms with Crippen molar-refractivity contribution in [2.24, 2.45) is 7.05 Å². The Bertz CT molecular complexity index is 271. The van der Waals surface area contributed by atoms with E-state index in [1.807, 2.05) is 18.5 Å². The normalized spacial score (nSPS) is 9.73. The van der Waals surface area contributed by atoms with Crippen LogP contribution < -0.4 is 9.30 Å². The number of ether oxygens (including phenoxy) is 1. The lowest BCUT2D eigenvalue weighted by Crippen LogP contribution is -2.31. The molecule has 0 aliphatic heterocycles. The summed E-state index contributed by atoms with van der Waals surface area (Å²) >= 11 is 0. The molecule has 0 bridgehead atoms. The predicted octanol–water partition coefficient (Wildman–Crippen LogP) is 0.534. The summed E-state index contributed by atoms with van der Waals surface area (Å²) in [5.41, 5.74) is 0.910. The molecule has 0 spiro atoms. The third kappa shape index (κ3) is 1.27. The van der Waals surface area contributed by atoms with Gasteiger partial charge >= 0.3 is 0 Å². The molecule has 0 atom stereocenters. The molecular formula is C8H12NO2+. The smallest absolute Gasteiger partial charge is 0.228 e. The van der Waals surface area contributed by atoms with Crippen molar-refractivity contribution < 1.29 is 14.4 Å². The van der Waals surface area contributed by atoms with E-state index < -0.39 is 0 Å². The number of pyridine rings is 1. The highest BCUT2D eigenvalue weighted by atomic mass is 16.5. The van der Waals surface area contributed by atoms with E-state index >= 15 is 0 Å². The molecule has 1 heterocycles. The summed E-state index contributed by atoms with van der Waals surface area (Å²) in [6, 6.07) is 1.60. The summed E-state index contributed by atoms with van der Waals surface area (Å²) in [4.78, 5) is 0. The van der Waals surface area contributed by atoms with Crippen LogP contribution in [0.3, 0.4) is 0 Å². The van der Waals surface area contributed by atoms with Gasteiger partial charge in [0.15, 0.2) is 11.9 Å². The molecular weight excluding hydrogens is 142 g/mol. The van der Waals surface area contributed by atoms with Crippen molar-refractivity contribution in [3.05, 3.63) is 18.0 Å². The molecule has 1 aromatic rings. The van der Waals surface area contributed by atoms with Crippen molar-refractivity contribution in [1.29, 1.82) is 0 Å². The lowest BCUT2D eigenvalue weighted by atomic mass is 10.3. The quantitative estimate of drug-likeness (QED) is 0.599. The van der Waals surface area contributed by atoms with Crippen LogP contribution in [0.25, 0.3) is 0 Å². The maximum atomic E-state index is 9.28. The molecule has 1 rings (SSSR count). The molecule has 3 nitrogen and oxygen atoms in total. The molecule has 3 heteroatoms. The van der Waals surface area contributed by atoms with E-state index in [1.165, 1.54) is 0 Å². The van der Waals surface area contributed by atoms with E-state index in [2.05, 4.69) is 0 Å². The van der Waals surface area contributed by atoms with Crippen molar-refractivity contribution in [2.75, 3.05) is 7.11 Å². The Morgan fingerprint density at radius 2 is 2.18 bits per heavy atom. The standard InChI is InChI=1S/C8H11NO2/c1-6-8(11-3)7(10)4-5-9(6)2/h4-5H,1-3H3/p+1. The molecule has 0 aliphatic carbocycles. The summed E-state index contributed by atoms with van der Waals surface area (Å²) < 4.78 is 6.87. The molecule has 0 amide bonds. The maximum absolute atomic E-state index is 9.28. The van der Waals surface area contributed by atoms with Gasteiger partial charge in [0.05, 0.1) is 7.11 Å². The van der Waals surface area contributed by atoms with Gasteiger partial charge in [0, 0.05) is 13.0 Å². The second-order valence-electron chi connectivity index (χ2n) is 2.43. The largest absolute Gasteiger partial charge is 0.504 e. The number of aromatic nitrogens is 1. The van der Waals surface area contributed by atoms with Gasteiger partial charge in [0.25, 0.3) is 0 Å². The van der Waals surface area contributed by atoms with Gasteiger partial charge in [-0.1, -0.05) is 0 Å². The SMILES string of the molecule is COc1c(O)cc[n+](C)c1C. The first kappa shape index (κ1) is 7.85. The third-order valence-corrected chi connectivity index (χ3v) is 1.75. The van der Waals surface area contributed by atoms with Crippen molar-refractivity contribution in [3.8, 4) is 11.5 Å². The number of aryl methyl sites for hydroxylation is 1. The molecule has 1 N–H and O–H groups in total. The zero-order valence-electron chi connectivity index (χ0n) is 6.96. The molecule has 0 fully saturated rings. The summed E-state index contributed by atoms with van der Waals surface area (Å²) in [6.07, 6.45) is 1.78. The van der Waals surface area contributed by atoms with Crippen LogP contribution in [-0.4, -0.2) is 12.2 Å². The van der Waals surface area contributed by atoms with Crippen molar-refractivity contribution in [1.82, 2.24) is 0 Å². The highest BCUT2D eigenvalue weighted by Gasteiger charge is 2.12. The summed E-state index contributed by atoms with van der Waals surface area (Å²) in [5.74, 6) is 0.720. The van der Waals surface area contributed by atoms with Gasteiger partial charge in [-0.05, 0) is 0 Å². The van der Waals surface area contributed by atoms with E-state index in [9.17, 15) is 5.11 Å². The van der Waals surface area contributed by atoms with Crippen LogP contribution in [0.5, 0.6) is 11.5 Å². The number of methoxy groups -OCH3 is 1. The monoisotopic (exact) mass is 154 g/mol. The molecule has 0 unspecified atom stereocenters. The summed E-state index contributed by atoms with van der Waals surface area (Å²) in [5, 5.41) is 9.28. The van der Waals surface area contributed by atoms with Gasteiger partial charge in [-0.3, -0.25) is 0 Å². The molecule has 0 saturated heterocycles. The highest BCUT2D eigenvalue weighted by molar-refractivity contribution is 5.38. The van der Waals surface area contributed by atoms with Gasteiger partial charge in [-0.2, -0.15) is 0 Å². The van der Waals surface area contributed by atoms with Crippen LogP contribution in [0, 0.1) is 6.92 Å². The Hall–Kier alpha value is -1.25. The van der Waals surface area contributed by atoms with Crippen molar-refractivity contribution in [2.45, 2.75) is 6.92 Å².